The Morgan fingerprint density at radius 2 is 1.65 bits per heavy atom. The number of pyridine rings is 1. The van der Waals surface area contributed by atoms with E-state index in [2.05, 4.69) is 15.0 Å². The monoisotopic (exact) mass is 657 g/mol. The Labute approximate surface area is 266 Å². The summed E-state index contributed by atoms with van der Waals surface area (Å²) in [5, 5.41) is 20.9. The van der Waals surface area contributed by atoms with Crippen molar-refractivity contribution in [1.82, 2.24) is 15.0 Å². The van der Waals surface area contributed by atoms with Crippen molar-refractivity contribution in [1.29, 1.82) is 5.26 Å². The molecule has 2 amide bonds. The Morgan fingerprint density at radius 3 is 2.24 bits per heavy atom. The van der Waals surface area contributed by atoms with Crippen LogP contribution in [0.2, 0.25) is 0 Å². The number of hydrogen-bond acceptors (Lipinski definition) is 11. The number of amides is 2. The molecule has 0 saturated heterocycles. The van der Waals surface area contributed by atoms with E-state index in [4.69, 9.17) is 14.2 Å². The molecule has 0 aliphatic heterocycles. The van der Waals surface area contributed by atoms with Crippen LogP contribution in [0.3, 0.4) is 0 Å². The molecule has 46 heavy (non-hydrogen) atoms. The van der Waals surface area contributed by atoms with Gasteiger partial charge in [-0.3, -0.25) is 0 Å². The normalized spacial score (nSPS) is 12.7. The van der Waals surface area contributed by atoms with Gasteiger partial charge in [-0.15, -0.1) is 11.3 Å². The first-order valence-corrected chi connectivity index (χ1v) is 14.6. The number of anilines is 1. The van der Waals surface area contributed by atoms with Crippen LogP contribution < -0.4 is 9.64 Å². The number of halogens is 3. The fourth-order valence-corrected chi connectivity index (χ4v) is 5.02. The summed E-state index contributed by atoms with van der Waals surface area (Å²) in [6, 6.07) is 12.5. The van der Waals surface area contributed by atoms with Crippen LogP contribution in [0.25, 0.3) is 21.6 Å². The molecule has 3 aromatic heterocycles. The van der Waals surface area contributed by atoms with Gasteiger partial charge in [-0.2, -0.15) is 23.3 Å². The first kappa shape index (κ1) is 34.1. The summed E-state index contributed by atoms with van der Waals surface area (Å²) in [7, 11) is 0. The lowest BCUT2D eigenvalue weighted by atomic mass is 10.1. The number of thiophene rings is 1. The van der Waals surface area contributed by atoms with Crippen molar-refractivity contribution in [2.45, 2.75) is 65.0 Å². The van der Waals surface area contributed by atoms with Crippen molar-refractivity contribution in [3.63, 3.8) is 0 Å². The third-order valence-electron chi connectivity index (χ3n) is 5.74. The highest BCUT2D eigenvalue weighted by molar-refractivity contribution is 7.18. The number of aromatic nitrogens is 3. The van der Waals surface area contributed by atoms with Gasteiger partial charge in [-0.25, -0.2) is 24.5 Å². The third kappa shape index (κ3) is 8.46. The Hall–Kier alpha value is -4.81. The van der Waals surface area contributed by atoms with Gasteiger partial charge in [0.15, 0.2) is 18.2 Å². The molecule has 0 bridgehead atoms. The summed E-state index contributed by atoms with van der Waals surface area (Å²) >= 11 is 0.930. The number of ether oxygens (including phenoxy) is 3. The number of aliphatic hydroxyl groups excluding tert-OH is 1. The number of nitrogens with zero attached hydrogens (tertiary/aromatic N) is 5. The predicted molar refractivity (Wildman–Crippen MR) is 162 cm³/mol. The Morgan fingerprint density at radius 1 is 1.00 bits per heavy atom. The van der Waals surface area contributed by atoms with Gasteiger partial charge in [0.25, 0.3) is 0 Å². The molecule has 0 fully saturated rings. The van der Waals surface area contributed by atoms with Gasteiger partial charge in [0.1, 0.15) is 22.1 Å². The topological polar surface area (TPSA) is 148 Å². The van der Waals surface area contributed by atoms with E-state index < -0.39 is 48.2 Å². The highest BCUT2D eigenvalue weighted by atomic mass is 32.1. The minimum Gasteiger partial charge on any atom is -0.468 e. The first-order valence-electron chi connectivity index (χ1n) is 13.8. The average molecular weight is 658 g/mol. The molecule has 15 heteroatoms. The highest BCUT2D eigenvalue weighted by Gasteiger charge is 2.36. The van der Waals surface area contributed by atoms with E-state index >= 15 is 0 Å². The maximum Gasteiger partial charge on any atom is 0.425 e. The minimum absolute atomic E-state index is 0.0233. The lowest BCUT2D eigenvalue weighted by Gasteiger charge is -2.28. The molecule has 11 nitrogen and oxygen atoms in total. The summed E-state index contributed by atoms with van der Waals surface area (Å²) in [5.41, 5.74) is -1.45. The number of alkyl halides is 3. The molecule has 0 aliphatic carbocycles. The molecule has 1 N–H and O–H groups in total. The van der Waals surface area contributed by atoms with Crippen molar-refractivity contribution in [2.75, 3.05) is 11.5 Å². The van der Waals surface area contributed by atoms with E-state index in [1.54, 1.807) is 59.7 Å². The van der Waals surface area contributed by atoms with Crippen LogP contribution in [0.15, 0.2) is 48.7 Å². The maximum absolute atomic E-state index is 13.6. The Kier molecular flexibility index (Phi) is 9.55. The van der Waals surface area contributed by atoms with E-state index in [1.807, 2.05) is 6.07 Å². The molecular weight excluding hydrogens is 627 g/mol. The maximum atomic E-state index is 13.6. The van der Waals surface area contributed by atoms with E-state index in [0.717, 1.165) is 11.3 Å². The zero-order valence-electron chi connectivity index (χ0n) is 25.7. The van der Waals surface area contributed by atoms with E-state index in [-0.39, 0.29) is 32.3 Å². The van der Waals surface area contributed by atoms with Gasteiger partial charge in [0.2, 0.25) is 5.88 Å². The number of imide groups is 1. The van der Waals surface area contributed by atoms with Crippen LogP contribution in [-0.2, 0) is 9.47 Å². The molecule has 0 saturated carbocycles. The lowest BCUT2D eigenvalue weighted by Crippen LogP contribution is -2.44. The zero-order valence-corrected chi connectivity index (χ0v) is 26.5. The number of benzene rings is 1. The van der Waals surface area contributed by atoms with Crippen molar-refractivity contribution in [3.8, 4) is 23.3 Å². The van der Waals surface area contributed by atoms with Crippen molar-refractivity contribution < 1.29 is 42.1 Å². The largest absolute Gasteiger partial charge is 0.468 e. The summed E-state index contributed by atoms with van der Waals surface area (Å²) in [6.07, 6.45) is -7.19. The molecule has 1 unspecified atom stereocenters. The van der Waals surface area contributed by atoms with E-state index in [0.29, 0.717) is 16.0 Å². The summed E-state index contributed by atoms with van der Waals surface area (Å²) in [4.78, 5) is 41.1. The number of nitriles is 1. The van der Waals surface area contributed by atoms with Gasteiger partial charge < -0.3 is 19.3 Å². The van der Waals surface area contributed by atoms with Crippen LogP contribution in [0, 0.1) is 11.3 Å². The number of rotatable bonds is 6. The molecule has 1 atom stereocenters. The second kappa shape index (κ2) is 12.9. The minimum atomic E-state index is -4.64. The molecule has 0 radical (unpaired) electrons. The van der Waals surface area contributed by atoms with Crippen molar-refractivity contribution in [3.05, 3.63) is 64.7 Å². The lowest BCUT2D eigenvalue weighted by molar-refractivity contribution is -0.154. The van der Waals surface area contributed by atoms with Crippen LogP contribution in [0.5, 0.6) is 5.88 Å². The Bertz CT molecular complexity index is 1780. The Balaban J connectivity index is 1.94. The second-order valence-electron chi connectivity index (χ2n) is 11.9. The number of carbonyl (C=O) groups is 2. The molecule has 4 rings (SSSR count). The van der Waals surface area contributed by atoms with E-state index in [1.165, 1.54) is 30.5 Å². The molecule has 4 aromatic rings. The number of hydrogen-bond donors (Lipinski definition) is 1. The summed E-state index contributed by atoms with van der Waals surface area (Å²) in [6.45, 7) is 8.03. The molecular formula is C31H30F3N5O6S. The molecule has 0 aliphatic rings. The smallest absolute Gasteiger partial charge is 0.425 e. The van der Waals surface area contributed by atoms with Crippen LogP contribution >= 0.6 is 11.3 Å². The van der Waals surface area contributed by atoms with Gasteiger partial charge in [0, 0.05) is 22.2 Å². The van der Waals surface area contributed by atoms with Crippen LogP contribution in [-0.4, -0.2) is 56.2 Å². The molecule has 242 valence electrons. The fraction of sp³-hybridized carbons (Fsp3) is 0.355. The van der Waals surface area contributed by atoms with Gasteiger partial charge in [0.05, 0.1) is 17.0 Å². The van der Waals surface area contributed by atoms with Crippen molar-refractivity contribution in [2.24, 2.45) is 0 Å². The van der Waals surface area contributed by atoms with Gasteiger partial charge >= 0.3 is 18.4 Å². The average Bonchev–Trinajstić information content (AvgIpc) is 3.38. The summed E-state index contributed by atoms with van der Waals surface area (Å²) < 4.78 is 54.6. The molecule has 0 spiro atoms. The third-order valence-corrected chi connectivity index (χ3v) is 6.82. The number of aliphatic hydroxyl groups is 1. The number of fused-ring (bicyclic) bond motifs is 1. The SMILES string of the molecule is CC(C)(C)OC(=O)N(C(=O)OC(C)(C)C)c1nc(-c2cccc(C#N)c2)nc2sc(C(O)c3cccnc3OCC(F)(F)F)cc12. The zero-order chi connectivity index (χ0) is 34.0. The summed E-state index contributed by atoms with van der Waals surface area (Å²) in [5.74, 6) is -0.662. The quantitative estimate of drug-likeness (QED) is 0.224. The van der Waals surface area contributed by atoms with Crippen LogP contribution in [0.1, 0.15) is 63.7 Å². The van der Waals surface area contributed by atoms with Gasteiger partial charge in [-0.1, -0.05) is 12.1 Å². The van der Waals surface area contributed by atoms with Gasteiger partial charge in [-0.05, 0) is 71.9 Å². The second-order valence-corrected chi connectivity index (χ2v) is 13.0. The van der Waals surface area contributed by atoms with Crippen molar-refractivity contribution >= 4 is 39.6 Å². The highest BCUT2D eigenvalue weighted by Crippen LogP contribution is 2.40. The molecule has 3 heterocycles. The van der Waals surface area contributed by atoms with E-state index in [9.17, 15) is 33.1 Å². The molecule has 1 aromatic carbocycles. The van der Waals surface area contributed by atoms with Crippen LogP contribution in [0.4, 0.5) is 28.6 Å². The standard InChI is InChI=1S/C31H30F3N5O6S/c1-29(2,3)44-27(41)39(28(42)45-30(4,5)6)24-20-14-21(22(40)19-11-8-12-36-25(19)43-16-31(32,33)34)46-26(20)38-23(37-24)18-10-7-9-17(13-18)15-35/h7-14,22,40H,16H2,1-6H3. The number of carbonyl (C=O) groups excluding carboxylic acids is 2. The fourth-order valence-electron chi connectivity index (χ4n) is 3.99. The first-order chi connectivity index (χ1) is 21.3. The predicted octanol–water partition coefficient (Wildman–Crippen LogP) is 7.32.